The Labute approximate surface area is 117 Å². The van der Waals surface area contributed by atoms with Gasteiger partial charge in [-0.3, -0.25) is 0 Å². The molecule has 2 atom stereocenters. The van der Waals surface area contributed by atoms with Crippen LogP contribution in [0.4, 0.5) is 0 Å². The van der Waals surface area contributed by atoms with E-state index in [1.54, 1.807) is 0 Å². The molecule has 0 aromatic heterocycles. The van der Waals surface area contributed by atoms with Crippen molar-refractivity contribution in [3.8, 4) is 0 Å². The van der Waals surface area contributed by atoms with Gasteiger partial charge < -0.3 is 10.1 Å². The zero-order valence-corrected chi connectivity index (χ0v) is 12.6. The van der Waals surface area contributed by atoms with Crippen molar-refractivity contribution < 1.29 is 4.74 Å². The minimum Gasteiger partial charge on any atom is -0.369 e. The van der Waals surface area contributed by atoms with Gasteiger partial charge in [-0.2, -0.15) is 0 Å². The summed E-state index contributed by atoms with van der Waals surface area (Å²) in [5, 5.41) is 3.68. The van der Waals surface area contributed by atoms with Crippen molar-refractivity contribution >= 4 is 0 Å². The lowest BCUT2D eigenvalue weighted by Gasteiger charge is -2.61. The summed E-state index contributed by atoms with van der Waals surface area (Å²) in [7, 11) is 0. The molecule has 0 aromatic rings. The minimum atomic E-state index is 0.0756. The van der Waals surface area contributed by atoms with Crippen molar-refractivity contribution in [1.29, 1.82) is 0 Å². The lowest BCUT2D eigenvalue weighted by molar-refractivity contribution is -0.200. The number of morpholine rings is 1. The van der Waals surface area contributed by atoms with Crippen LogP contribution in [0.3, 0.4) is 0 Å². The third-order valence-electron chi connectivity index (χ3n) is 6.77. The van der Waals surface area contributed by atoms with E-state index in [0.29, 0.717) is 11.5 Å². The Bertz CT molecular complexity index is 331. The lowest BCUT2D eigenvalue weighted by atomic mass is 9.48. The van der Waals surface area contributed by atoms with Crippen LogP contribution in [0.1, 0.15) is 58.8 Å². The molecule has 0 aromatic carbocycles. The maximum Gasteiger partial charge on any atom is 0.0780 e. The van der Waals surface area contributed by atoms with Crippen LogP contribution in [0.2, 0.25) is 0 Å². The highest BCUT2D eigenvalue weighted by atomic mass is 16.5. The van der Waals surface area contributed by atoms with Gasteiger partial charge in [-0.25, -0.2) is 0 Å². The van der Waals surface area contributed by atoms with Crippen molar-refractivity contribution in [1.82, 2.24) is 5.32 Å². The normalized spacial score (nSPS) is 56.5. The largest absolute Gasteiger partial charge is 0.369 e. The molecule has 0 radical (unpaired) electrons. The monoisotopic (exact) mass is 263 g/mol. The SMILES string of the molecule is CCC1(C)CNCC(C23CC4CC(CC(C4)C2)C3)O1. The Hall–Kier alpha value is -0.0800. The average Bonchev–Trinajstić information content (AvgIpc) is 2.37. The molecule has 2 unspecified atom stereocenters. The molecule has 19 heavy (non-hydrogen) atoms. The van der Waals surface area contributed by atoms with Crippen LogP contribution in [-0.4, -0.2) is 24.8 Å². The molecular weight excluding hydrogens is 234 g/mol. The summed E-state index contributed by atoms with van der Waals surface area (Å²) < 4.78 is 6.65. The van der Waals surface area contributed by atoms with Crippen LogP contribution in [0.15, 0.2) is 0 Å². The van der Waals surface area contributed by atoms with E-state index >= 15 is 0 Å². The molecule has 1 aliphatic heterocycles. The standard InChI is InChI=1S/C17H29NO/c1-3-16(2)11-18-10-15(19-16)17-7-12-4-13(8-17)6-14(5-12)9-17/h12-15,18H,3-11H2,1-2H3. The molecule has 1 saturated heterocycles. The molecule has 4 aliphatic carbocycles. The van der Waals surface area contributed by atoms with Gasteiger partial charge in [0.1, 0.15) is 0 Å². The molecule has 2 nitrogen and oxygen atoms in total. The summed E-state index contributed by atoms with van der Waals surface area (Å²) in [4.78, 5) is 0. The molecule has 5 fully saturated rings. The molecule has 2 heteroatoms. The Kier molecular flexibility index (Phi) is 2.80. The molecular formula is C17H29NO. The van der Waals surface area contributed by atoms with Crippen molar-refractivity contribution in [2.24, 2.45) is 23.2 Å². The second kappa shape index (κ2) is 4.21. The molecule has 4 saturated carbocycles. The fourth-order valence-electron chi connectivity index (χ4n) is 6.02. The Morgan fingerprint density at radius 1 is 1.05 bits per heavy atom. The van der Waals surface area contributed by atoms with Gasteiger partial charge in [-0.05, 0) is 75.0 Å². The number of rotatable bonds is 2. The van der Waals surface area contributed by atoms with E-state index < -0.39 is 0 Å². The molecule has 1 heterocycles. The van der Waals surface area contributed by atoms with Gasteiger partial charge >= 0.3 is 0 Å². The van der Waals surface area contributed by atoms with Gasteiger partial charge in [-0.15, -0.1) is 0 Å². The fourth-order valence-corrected chi connectivity index (χ4v) is 6.02. The second-order valence-corrected chi connectivity index (χ2v) is 8.32. The zero-order chi connectivity index (χ0) is 13.1. The fraction of sp³-hybridized carbons (Fsp3) is 1.00. The maximum absolute atomic E-state index is 6.65. The highest BCUT2D eigenvalue weighted by Crippen LogP contribution is 2.62. The summed E-state index contributed by atoms with van der Waals surface area (Å²) >= 11 is 0. The zero-order valence-electron chi connectivity index (χ0n) is 12.6. The van der Waals surface area contributed by atoms with Crippen LogP contribution in [0.5, 0.6) is 0 Å². The van der Waals surface area contributed by atoms with Crippen molar-refractivity contribution in [3.05, 3.63) is 0 Å². The average molecular weight is 263 g/mol. The number of hydrogen-bond donors (Lipinski definition) is 1. The van der Waals surface area contributed by atoms with Crippen LogP contribution in [-0.2, 0) is 4.74 Å². The van der Waals surface area contributed by atoms with Crippen molar-refractivity contribution in [2.45, 2.75) is 70.5 Å². The first-order chi connectivity index (χ1) is 9.11. The van der Waals surface area contributed by atoms with Crippen molar-refractivity contribution in [3.63, 3.8) is 0 Å². The molecule has 0 amide bonds. The van der Waals surface area contributed by atoms with E-state index in [2.05, 4.69) is 19.2 Å². The van der Waals surface area contributed by atoms with E-state index in [4.69, 9.17) is 4.74 Å². The maximum atomic E-state index is 6.65. The van der Waals surface area contributed by atoms with E-state index in [0.717, 1.165) is 37.3 Å². The second-order valence-electron chi connectivity index (χ2n) is 8.32. The Morgan fingerprint density at radius 2 is 1.63 bits per heavy atom. The van der Waals surface area contributed by atoms with Gasteiger partial charge in [-0.1, -0.05) is 6.92 Å². The topological polar surface area (TPSA) is 21.3 Å². The Balaban J connectivity index is 1.58. The number of ether oxygens (including phenoxy) is 1. The molecule has 4 bridgehead atoms. The van der Waals surface area contributed by atoms with Gasteiger partial charge in [0.05, 0.1) is 11.7 Å². The highest BCUT2D eigenvalue weighted by Gasteiger charge is 2.56. The number of hydrogen-bond acceptors (Lipinski definition) is 2. The van der Waals surface area contributed by atoms with Crippen LogP contribution in [0, 0.1) is 23.2 Å². The number of nitrogens with one attached hydrogen (secondary N) is 1. The molecule has 5 rings (SSSR count). The molecule has 1 N–H and O–H groups in total. The van der Waals surface area contributed by atoms with Gasteiger partial charge in [0.15, 0.2) is 0 Å². The van der Waals surface area contributed by atoms with Gasteiger partial charge in [0, 0.05) is 13.1 Å². The molecule has 108 valence electrons. The highest BCUT2D eigenvalue weighted by molar-refractivity contribution is 5.06. The molecule has 0 spiro atoms. The van der Waals surface area contributed by atoms with E-state index in [1.165, 1.54) is 38.5 Å². The quantitative estimate of drug-likeness (QED) is 0.825. The first kappa shape index (κ1) is 12.6. The minimum absolute atomic E-state index is 0.0756. The smallest absolute Gasteiger partial charge is 0.0780 e. The third-order valence-corrected chi connectivity index (χ3v) is 6.77. The molecule has 5 aliphatic rings. The lowest BCUT2D eigenvalue weighted by Crippen LogP contribution is -2.61. The summed E-state index contributed by atoms with van der Waals surface area (Å²) in [6, 6.07) is 0. The van der Waals surface area contributed by atoms with Crippen LogP contribution in [0.25, 0.3) is 0 Å². The van der Waals surface area contributed by atoms with E-state index in [9.17, 15) is 0 Å². The third kappa shape index (κ3) is 1.98. The van der Waals surface area contributed by atoms with Gasteiger partial charge in [0.25, 0.3) is 0 Å². The Morgan fingerprint density at radius 3 is 2.16 bits per heavy atom. The van der Waals surface area contributed by atoms with E-state index in [-0.39, 0.29) is 5.60 Å². The van der Waals surface area contributed by atoms with Gasteiger partial charge in [0.2, 0.25) is 0 Å². The van der Waals surface area contributed by atoms with Crippen molar-refractivity contribution in [2.75, 3.05) is 13.1 Å². The first-order valence-corrected chi connectivity index (χ1v) is 8.49. The predicted molar refractivity (Wildman–Crippen MR) is 77.0 cm³/mol. The van der Waals surface area contributed by atoms with Crippen LogP contribution < -0.4 is 5.32 Å². The first-order valence-electron chi connectivity index (χ1n) is 8.49. The summed E-state index contributed by atoms with van der Waals surface area (Å²) in [5.41, 5.74) is 0.616. The predicted octanol–water partition coefficient (Wildman–Crippen LogP) is 3.36. The summed E-state index contributed by atoms with van der Waals surface area (Å²) in [6.07, 6.45) is 10.6. The summed E-state index contributed by atoms with van der Waals surface area (Å²) in [6.45, 7) is 6.70. The van der Waals surface area contributed by atoms with E-state index in [1.807, 2.05) is 0 Å². The van der Waals surface area contributed by atoms with Crippen LogP contribution >= 0.6 is 0 Å². The summed E-state index contributed by atoms with van der Waals surface area (Å²) in [5.74, 6) is 3.10.